The first-order chi connectivity index (χ1) is 4.56. The van der Waals surface area contributed by atoms with E-state index < -0.39 is 0 Å². The third kappa shape index (κ3) is 1.32. The molecule has 0 heterocycles. The smallest absolute Gasteiger partial charge is 0.322 e. The predicted molar refractivity (Wildman–Crippen MR) is 43.5 cm³/mol. The van der Waals surface area contributed by atoms with Crippen LogP contribution in [0.2, 0.25) is 0 Å². The molecule has 58 valence electrons. The molecule has 2 fully saturated rings. The molecule has 2 unspecified atom stereocenters. The molecular weight excluding hydrogens is 159 g/mol. The Morgan fingerprint density at radius 2 is 1.91 bits per heavy atom. The van der Waals surface area contributed by atoms with E-state index in [0.717, 1.165) is 5.92 Å². The van der Waals surface area contributed by atoms with E-state index in [0.29, 0.717) is 10.8 Å². The maximum atomic E-state index is 2.56. The molecule has 0 saturated heterocycles. The fraction of sp³-hybridized carbons (Fsp3) is 0.900. The van der Waals surface area contributed by atoms with Crippen LogP contribution in [0.25, 0.3) is 0 Å². The zero-order chi connectivity index (χ0) is 7.41. The topological polar surface area (TPSA) is 0 Å². The van der Waals surface area contributed by atoms with Crippen LogP contribution < -0.4 is 51.4 Å². The molecule has 11 heavy (non-hydrogen) atoms. The monoisotopic (exact) mass is 176 g/mol. The molecule has 0 nitrogen and oxygen atoms in total. The van der Waals surface area contributed by atoms with Gasteiger partial charge in [-0.2, -0.15) is 11.8 Å². The van der Waals surface area contributed by atoms with Crippen molar-refractivity contribution in [2.75, 3.05) is 0 Å². The van der Waals surface area contributed by atoms with E-state index in [1.54, 1.807) is 0 Å². The normalized spacial score (nSPS) is 45.5. The van der Waals surface area contributed by atoms with Gasteiger partial charge in [0.15, 0.2) is 0 Å². The second-order valence-electron chi connectivity index (χ2n) is 4.81. The number of hydrogen-bond donors (Lipinski definition) is 0. The summed E-state index contributed by atoms with van der Waals surface area (Å²) < 4.78 is 0. The zero-order valence-corrected chi connectivity index (χ0v) is 11.4. The van der Waals surface area contributed by atoms with Crippen molar-refractivity contribution >= 4 is 0 Å². The van der Waals surface area contributed by atoms with Crippen LogP contribution in [0.1, 0.15) is 40.0 Å². The van der Waals surface area contributed by atoms with Crippen LogP contribution in [0.3, 0.4) is 0 Å². The molecule has 1 heteroatoms. The summed E-state index contributed by atoms with van der Waals surface area (Å²) in [6, 6.07) is 0. The van der Waals surface area contributed by atoms with Crippen molar-refractivity contribution in [1.82, 2.24) is 0 Å². The Bertz CT molecular complexity index is 150. The third-order valence-electron chi connectivity index (χ3n) is 4.36. The summed E-state index contributed by atoms with van der Waals surface area (Å²) in [5, 5.41) is 0. The minimum atomic E-state index is 0. The summed E-state index contributed by atoms with van der Waals surface area (Å²) in [6.07, 6.45) is 6.84. The second-order valence-corrected chi connectivity index (χ2v) is 4.81. The van der Waals surface area contributed by atoms with E-state index in [4.69, 9.17) is 0 Å². The maximum absolute atomic E-state index is 2.56. The molecule has 0 spiro atoms. The van der Waals surface area contributed by atoms with Crippen LogP contribution in [0.5, 0.6) is 0 Å². The Labute approximate surface area is 113 Å². The summed E-state index contributed by atoms with van der Waals surface area (Å²) in [5.41, 5.74) is 1.19. The van der Waals surface area contributed by atoms with Crippen LogP contribution in [0.4, 0.5) is 0 Å². The Morgan fingerprint density at radius 1 is 1.27 bits per heavy atom. The second kappa shape index (κ2) is 3.09. The van der Waals surface area contributed by atoms with E-state index in [1.165, 1.54) is 19.3 Å². The fourth-order valence-electron chi connectivity index (χ4n) is 2.80. The van der Waals surface area contributed by atoms with Crippen LogP contribution in [0.15, 0.2) is 0 Å². The molecule has 2 rings (SSSR count). The summed E-state index contributed by atoms with van der Waals surface area (Å²) in [7, 11) is 0. The van der Waals surface area contributed by atoms with Gasteiger partial charge in [0.05, 0.1) is 0 Å². The van der Waals surface area contributed by atoms with Gasteiger partial charge in [0.25, 0.3) is 0 Å². The van der Waals surface area contributed by atoms with Gasteiger partial charge in [-0.15, -0.1) is 0 Å². The largest absolute Gasteiger partial charge is 1.00 e. The average molecular weight is 176 g/mol. The molecule has 2 aliphatic carbocycles. The first kappa shape index (κ1) is 10.7. The molecule has 0 aromatic heterocycles. The van der Waals surface area contributed by atoms with Gasteiger partial charge in [-0.25, -0.2) is 0 Å². The average Bonchev–Trinajstić information content (AvgIpc) is 2.18. The van der Waals surface area contributed by atoms with Crippen LogP contribution in [-0.4, -0.2) is 0 Å². The third-order valence-corrected chi connectivity index (χ3v) is 4.36. The summed E-state index contributed by atoms with van der Waals surface area (Å²) in [4.78, 5) is 0. The van der Waals surface area contributed by atoms with Crippen molar-refractivity contribution in [2.45, 2.75) is 40.0 Å². The molecule has 0 aromatic rings. The fourth-order valence-corrected chi connectivity index (χ4v) is 2.80. The standard InChI is InChI=1S/C10H17.K/c1-9(2)8-4-6-10(9,3)7-5-8;/h6,8H,4-5,7H2,1-3H3;/q-1;+1. The van der Waals surface area contributed by atoms with Gasteiger partial charge in [-0.05, 0) is 0 Å². The van der Waals surface area contributed by atoms with E-state index in [2.05, 4.69) is 27.2 Å². The van der Waals surface area contributed by atoms with Gasteiger partial charge in [0.2, 0.25) is 0 Å². The van der Waals surface area contributed by atoms with Gasteiger partial charge >= 0.3 is 51.4 Å². The quantitative estimate of drug-likeness (QED) is 0.361. The molecule has 0 amide bonds. The molecule has 0 radical (unpaired) electrons. The summed E-state index contributed by atoms with van der Waals surface area (Å²) >= 11 is 0. The number of rotatable bonds is 0. The SMILES string of the molecule is CC12[CH-]CC(CC1)C2(C)C.[K+]. The minimum absolute atomic E-state index is 0. The van der Waals surface area contributed by atoms with Crippen molar-refractivity contribution in [3.8, 4) is 0 Å². The van der Waals surface area contributed by atoms with Gasteiger partial charge in [0, 0.05) is 0 Å². The van der Waals surface area contributed by atoms with Crippen LogP contribution in [0, 0.1) is 23.2 Å². The first-order valence-electron chi connectivity index (χ1n) is 4.41. The Morgan fingerprint density at radius 3 is 2.00 bits per heavy atom. The van der Waals surface area contributed by atoms with Crippen LogP contribution >= 0.6 is 0 Å². The maximum Gasteiger partial charge on any atom is 1.00 e. The molecule has 0 N–H and O–H groups in total. The molecule has 0 aliphatic heterocycles. The molecular formula is C10H17K. The van der Waals surface area contributed by atoms with Gasteiger partial charge in [-0.1, -0.05) is 44.9 Å². The Kier molecular flexibility index (Phi) is 3.01. The van der Waals surface area contributed by atoms with Crippen LogP contribution in [-0.2, 0) is 0 Å². The molecule has 2 aliphatic rings. The Balaban J connectivity index is 0.000000605. The summed E-state index contributed by atoms with van der Waals surface area (Å²) in [5.74, 6) is 0.998. The van der Waals surface area contributed by atoms with E-state index in [1.807, 2.05) is 0 Å². The minimum Gasteiger partial charge on any atom is -0.322 e. The van der Waals surface area contributed by atoms with Gasteiger partial charge < -0.3 is 6.42 Å². The molecule has 2 bridgehead atoms. The van der Waals surface area contributed by atoms with E-state index >= 15 is 0 Å². The van der Waals surface area contributed by atoms with Crippen molar-refractivity contribution in [3.05, 3.63) is 6.42 Å². The predicted octanol–water partition coefficient (Wildman–Crippen LogP) is 0.0409. The van der Waals surface area contributed by atoms with Crippen molar-refractivity contribution < 1.29 is 51.4 Å². The van der Waals surface area contributed by atoms with E-state index in [9.17, 15) is 0 Å². The number of hydrogen-bond acceptors (Lipinski definition) is 0. The zero-order valence-electron chi connectivity index (χ0n) is 8.28. The summed E-state index contributed by atoms with van der Waals surface area (Å²) in [6.45, 7) is 7.31. The molecule has 0 aromatic carbocycles. The molecule has 2 atom stereocenters. The van der Waals surface area contributed by atoms with Crippen molar-refractivity contribution in [3.63, 3.8) is 0 Å². The van der Waals surface area contributed by atoms with Crippen molar-refractivity contribution in [2.24, 2.45) is 16.7 Å². The first-order valence-corrected chi connectivity index (χ1v) is 4.41. The molecule has 2 saturated carbocycles. The van der Waals surface area contributed by atoms with E-state index in [-0.39, 0.29) is 51.4 Å². The van der Waals surface area contributed by atoms with Gasteiger partial charge in [0.1, 0.15) is 0 Å². The van der Waals surface area contributed by atoms with Crippen molar-refractivity contribution in [1.29, 1.82) is 0 Å². The van der Waals surface area contributed by atoms with Gasteiger partial charge in [-0.3, -0.25) is 0 Å². The number of fused-ring (bicyclic) bond motifs is 2. The Hall–Kier alpha value is 1.64.